The van der Waals surface area contributed by atoms with E-state index in [0.717, 1.165) is 70.4 Å². The van der Waals surface area contributed by atoms with Crippen LogP contribution in [0.2, 0.25) is 0 Å². The van der Waals surface area contributed by atoms with E-state index in [1.165, 1.54) is 115 Å². The van der Waals surface area contributed by atoms with Crippen LogP contribution in [0, 0.1) is 41.5 Å². The molecule has 0 N–H and O–H groups in total. The van der Waals surface area contributed by atoms with Crippen LogP contribution in [-0.2, 0) is 13.1 Å². The van der Waals surface area contributed by atoms with Gasteiger partial charge in [0.25, 0.3) is 0 Å². The molecule has 9 aromatic carbocycles. The van der Waals surface area contributed by atoms with Gasteiger partial charge in [-0.3, -0.25) is 4.98 Å². The maximum absolute atomic E-state index is 5.63. The first-order valence-electron chi connectivity index (χ1n) is 25.4. The third-order valence-electron chi connectivity index (χ3n) is 16.0. The predicted octanol–water partition coefficient (Wildman–Crippen LogP) is 11.9. The number of aryl methyl sites for hydroxylation is 6. The van der Waals surface area contributed by atoms with Crippen molar-refractivity contribution in [2.45, 2.75) is 68.5 Å². The van der Waals surface area contributed by atoms with E-state index in [1.807, 2.05) is 18.3 Å². The van der Waals surface area contributed by atoms with Gasteiger partial charge in [0.05, 0.1) is 22.0 Å². The Morgan fingerprint density at radius 2 is 0.932 bits per heavy atom. The van der Waals surface area contributed by atoms with Crippen LogP contribution in [-0.4, -0.2) is 31.9 Å². The van der Waals surface area contributed by atoms with Crippen LogP contribution < -0.4 is 50.3 Å². The zero-order chi connectivity index (χ0) is 49.8. The monoisotopic (exact) mass is 997 g/mol. The maximum Gasteiger partial charge on any atom is 0.231 e. The number of ether oxygens (including phenoxy) is 6. The Balaban J connectivity index is 0.000000112. The van der Waals surface area contributed by atoms with Crippen molar-refractivity contribution in [2.24, 2.45) is 0 Å². The van der Waals surface area contributed by atoms with Gasteiger partial charge in [0.15, 0.2) is 40.7 Å². The van der Waals surface area contributed by atoms with Gasteiger partial charge in [-0.1, -0.05) is 66.7 Å². The van der Waals surface area contributed by atoms with E-state index >= 15 is 0 Å². The predicted molar refractivity (Wildman–Crippen MR) is 294 cm³/mol. The number of aromatic nitrogens is 2. The Morgan fingerprint density at radius 3 is 1.55 bits per heavy atom. The molecule has 0 amide bonds. The molecule has 6 heterocycles. The van der Waals surface area contributed by atoms with Gasteiger partial charge in [0.2, 0.25) is 25.9 Å². The smallest absolute Gasteiger partial charge is 0.231 e. The Hall–Kier alpha value is -8.01. The van der Waals surface area contributed by atoms with Crippen molar-refractivity contribution in [3.05, 3.63) is 161 Å². The van der Waals surface area contributed by atoms with Gasteiger partial charge in [-0.25, -0.2) is 0 Å². The van der Waals surface area contributed by atoms with Crippen LogP contribution in [0.1, 0.15) is 52.8 Å². The molecule has 0 spiro atoms. The minimum Gasteiger partial charge on any atom is -1.00 e. The summed E-state index contributed by atoms with van der Waals surface area (Å²) in [6.45, 7) is 21.3. The number of anilines is 1. The summed E-state index contributed by atoms with van der Waals surface area (Å²) in [5.74, 6) is 4.97. The van der Waals surface area contributed by atoms with Crippen molar-refractivity contribution in [1.82, 2.24) is 4.98 Å². The van der Waals surface area contributed by atoms with Crippen LogP contribution in [0.15, 0.2) is 122 Å². The summed E-state index contributed by atoms with van der Waals surface area (Å²) in [7, 11) is 0. The zero-order valence-corrected chi connectivity index (χ0v) is 43.7. The minimum atomic E-state index is 0. The molecule has 0 bridgehead atoms. The van der Waals surface area contributed by atoms with Crippen molar-refractivity contribution in [3.8, 4) is 45.6 Å². The molecule has 370 valence electrons. The first kappa shape index (κ1) is 47.0. The van der Waals surface area contributed by atoms with E-state index in [0.29, 0.717) is 20.4 Å². The summed E-state index contributed by atoms with van der Waals surface area (Å²) >= 11 is 0. The highest BCUT2D eigenvalue weighted by Gasteiger charge is 2.27. The van der Waals surface area contributed by atoms with Crippen LogP contribution in [0.25, 0.3) is 86.8 Å². The second kappa shape index (κ2) is 18.2. The van der Waals surface area contributed by atoms with Crippen molar-refractivity contribution >= 4 is 81.4 Å². The number of rotatable bonds is 2. The molecule has 0 unspecified atom stereocenters. The third kappa shape index (κ3) is 7.42. The lowest BCUT2D eigenvalue weighted by atomic mass is 9.87. The second-order valence-electron chi connectivity index (χ2n) is 19.8. The van der Waals surface area contributed by atoms with Gasteiger partial charge in [-0.2, -0.15) is 4.57 Å². The number of fused-ring (bicyclic) bond motifs is 18. The van der Waals surface area contributed by atoms with E-state index in [-0.39, 0.29) is 12.4 Å². The highest BCUT2D eigenvalue weighted by molar-refractivity contribution is 6.17. The van der Waals surface area contributed by atoms with Crippen LogP contribution in [0.5, 0.6) is 34.5 Å². The average molecular weight is 999 g/mol. The molecule has 0 saturated heterocycles. The van der Waals surface area contributed by atoms with Crippen molar-refractivity contribution in [3.63, 3.8) is 0 Å². The molecule has 10 heteroatoms. The van der Waals surface area contributed by atoms with E-state index in [2.05, 4.69) is 168 Å². The quantitative estimate of drug-likeness (QED) is 0.125. The summed E-state index contributed by atoms with van der Waals surface area (Å²) in [5.41, 5.74) is 15.8. The van der Waals surface area contributed by atoms with Gasteiger partial charge in [-0.15, -0.1) is 0 Å². The van der Waals surface area contributed by atoms with Gasteiger partial charge in [0.1, 0.15) is 6.54 Å². The highest BCUT2D eigenvalue weighted by atomic mass is 35.5. The molecule has 0 saturated carbocycles. The van der Waals surface area contributed by atoms with Gasteiger partial charge in [-0.05, 0) is 164 Å². The Morgan fingerprint density at radius 1 is 0.459 bits per heavy atom. The maximum atomic E-state index is 5.63. The molecule has 0 aliphatic carbocycles. The second-order valence-corrected chi connectivity index (χ2v) is 19.8. The molecular formula is C64H56ClN3O6. The lowest BCUT2D eigenvalue weighted by Gasteiger charge is -2.34. The summed E-state index contributed by atoms with van der Waals surface area (Å²) in [5, 5.41) is 14.6. The molecule has 4 aliphatic heterocycles. The fraction of sp³-hybridized carbons (Fsp3) is 0.219. The number of benzene rings is 9. The standard InChI is InChI=1S/C22H21NO2.C22H20NO2.C20H15NO2.ClH/c2*1-4-23-11-19-14(3)13(2)5-7-16(19)17-8-6-15-9-20-21(25-12-24-20)10-18(15)22(17)23;1-11-3-5-14-15-6-4-13-7-18-19(23-10-22-18)8-16(13)20(15)21-9-17(14)12(11)2;/h5-10H,4,11-12H2,1-3H3;5-11H,4,12H2,1-3H3;3-9H,10H2,1-2H3;1H/q;+1;;/p-1. The van der Waals surface area contributed by atoms with E-state index in [9.17, 15) is 0 Å². The fourth-order valence-electron chi connectivity index (χ4n) is 11.5. The number of nitrogens with zero attached hydrogens (tertiary/aromatic N) is 3. The fourth-order valence-corrected chi connectivity index (χ4v) is 11.5. The minimum absolute atomic E-state index is 0. The largest absolute Gasteiger partial charge is 1.00 e. The first-order valence-corrected chi connectivity index (χ1v) is 25.4. The van der Waals surface area contributed by atoms with Gasteiger partial charge in [0, 0.05) is 57.2 Å². The molecule has 9 nitrogen and oxygen atoms in total. The SMILES string of the molecule is CCN1Cc2c(ccc(C)c2C)-c2ccc3cc4c(cc3c21)OCO4.CC[n+]1cc2c(C)c(C)ccc2c2ccc3cc4c(cc3c21)OCO4.Cc1ccc2c(cnc3c4cc5c(cc4ccc23)OCO5)c1C.[Cl-]. The normalized spacial score (nSPS) is 13.5. The molecule has 0 atom stereocenters. The average Bonchev–Trinajstić information content (AvgIpc) is 4.21. The third-order valence-corrected chi connectivity index (χ3v) is 16.0. The number of halogens is 1. The molecule has 0 fully saturated rings. The molecule has 2 aromatic heterocycles. The van der Waals surface area contributed by atoms with Crippen molar-refractivity contribution in [2.75, 3.05) is 31.8 Å². The molecule has 15 rings (SSSR count). The van der Waals surface area contributed by atoms with Gasteiger partial charge < -0.3 is 45.7 Å². The summed E-state index contributed by atoms with van der Waals surface area (Å²) in [6, 6.07) is 39.1. The number of hydrogen-bond acceptors (Lipinski definition) is 8. The lowest BCUT2D eigenvalue weighted by Crippen LogP contribution is -3.00. The van der Waals surface area contributed by atoms with Crippen LogP contribution in [0.4, 0.5) is 5.69 Å². The zero-order valence-electron chi connectivity index (χ0n) is 43.0. The first-order chi connectivity index (χ1) is 35.6. The number of pyridine rings is 2. The van der Waals surface area contributed by atoms with Crippen LogP contribution in [0.3, 0.4) is 0 Å². The van der Waals surface area contributed by atoms with Gasteiger partial charge >= 0.3 is 0 Å². The molecule has 4 aliphatic rings. The summed E-state index contributed by atoms with van der Waals surface area (Å²) in [6.07, 6.45) is 4.29. The Labute approximate surface area is 436 Å². The molecule has 11 aromatic rings. The number of hydrogen-bond donors (Lipinski definition) is 0. The summed E-state index contributed by atoms with van der Waals surface area (Å²) in [4.78, 5) is 7.25. The summed E-state index contributed by atoms with van der Waals surface area (Å²) < 4.78 is 35.7. The highest BCUT2D eigenvalue weighted by Crippen LogP contribution is 2.48. The van der Waals surface area contributed by atoms with Crippen molar-refractivity contribution < 1.29 is 45.4 Å². The van der Waals surface area contributed by atoms with E-state index in [1.54, 1.807) is 0 Å². The Kier molecular flexibility index (Phi) is 11.6. The van der Waals surface area contributed by atoms with Crippen molar-refractivity contribution in [1.29, 1.82) is 0 Å². The molecular weight excluding hydrogens is 942 g/mol. The van der Waals surface area contributed by atoms with Crippen LogP contribution >= 0.6 is 0 Å². The van der Waals surface area contributed by atoms with E-state index in [4.69, 9.17) is 33.4 Å². The Bertz CT molecular complexity index is 4170. The topological polar surface area (TPSA) is 75.4 Å². The molecule has 0 radical (unpaired) electrons. The molecule has 74 heavy (non-hydrogen) atoms. The van der Waals surface area contributed by atoms with E-state index < -0.39 is 0 Å². The lowest BCUT2D eigenvalue weighted by molar-refractivity contribution is -0.665.